The molecule has 6 nitrogen and oxygen atoms in total. The van der Waals surface area contributed by atoms with Gasteiger partial charge in [0.05, 0.1) is 32.5 Å². The molecule has 0 fully saturated rings. The number of hydrogen-bond acceptors (Lipinski definition) is 5. The molecule has 0 spiro atoms. The van der Waals surface area contributed by atoms with Gasteiger partial charge in [-0.1, -0.05) is 0 Å². The average molecular weight is 411 g/mol. The van der Waals surface area contributed by atoms with Crippen molar-refractivity contribution < 1.29 is 17.6 Å². The molecular weight excluding hydrogens is 393 g/mol. The van der Waals surface area contributed by atoms with Crippen molar-refractivity contribution in [1.29, 1.82) is 5.26 Å². The predicted octanol–water partition coefficient (Wildman–Crippen LogP) is 3.56. The van der Waals surface area contributed by atoms with Gasteiger partial charge in [-0.05, 0) is 56.3 Å². The molecule has 3 aromatic rings. The highest BCUT2D eigenvalue weighted by Crippen LogP contribution is 2.32. The minimum Gasteiger partial charge on any atom is -0.339 e. The molecule has 2 aromatic carbocycles. The molecule has 0 atom stereocenters. The van der Waals surface area contributed by atoms with E-state index in [2.05, 4.69) is 4.98 Å². The Kier molecular flexibility index (Phi) is 5.62. The molecule has 0 saturated carbocycles. The number of carbonyl (C=O) groups excluding carboxylic acids is 1. The van der Waals surface area contributed by atoms with E-state index in [0.717, 1.165) is 6.07 Å². The fraction of sp³-hybridized carbons (Fsp3) is 0.190. The first-order valence-corrected chi connectivity index (χ1v) is 10.4. The predicted molar refractivity (Wildman–Crippen MR) is 106 cm³/mol. The van der Waals surface area contributed by atoms with E-state index in [1.54, 1.807) is 13.8 Å². The number of nitrogens with zero attached hydrogens (tertiary/aromatic N) is 3. The quantitative estimate of drug-likeness (QED) is 0.640. The largest absolute Gasteiger partial charge is 0.339 e. The van der Waals surface area contributed by atoms with Gasteiger partial charge < -0.3 is 4.90 Å². The lowest BCUT2D eigenvalue weighted by molar-refractivity contribution is 0.0769. The van der Waals surface area contributed by atoms with Crippen LogP contribution in [0.3, 0.4) is 0 Å². The molecule has 3 rings (SSSR count). The van der Waals surface area contributed by atoms with Crippen LogP contribution < -0.4 is 0 Å². The Labute approximate surface area is 168 Å². The number of halogens is 1. The molecule has 0 N–H and O–H groups in total. The molecule has 0 saturated heterocycles. The van der Waals surface area contributed by atoms with Gasteiger partial charge in [-0.3, -0.25) is 9.78 Å². The van der Waals surface area contributed by atoms with Crippen LogP contribution in [-0.4, -0.2) is 37.3 Å². The van der Waals surface area contributed by atoms with Crippen LogP contribution in [0.5, 0.6) is 0 Å². The molecule has 1 amide bonds. The van der Waals surface area contributed by atoms with Gasteiger partial charge >= 0.3 is 0 Å². The molecule has 148 valence electrons. The van der Waals surface area contributed by atoms with Crippen LogP contribution in [0.2, 0.25) is 0 Å². The summed E-state index contributed by atoms with van der Waals surface area (Å²) >= 11 is 0. The van der Waals surface area contributed by atoms with Gasteiger partial charge in [-0.25, -0.2) is 12.8 Å². The lowest BCUT2D eigenvalue weighted by atomic mass is 10.1. The Morgan fingerprint density at radius 2 is 1.79 bits per heavy atom. The fourth-order valence-electron chi connectivity index (χ4n) is 3.09. The highest BCUT2D eigenvalue weighted by atomic mass is 32.2. The molecule has 0 aliphatic carbocycles. The van der Waals surface area contributed by atoms with Gasteiger partial charge in [-0.2, -0.15) is 5.26 Å². The van der Waals surface area contributed by atoms with Crippen LogP contribution in [0.1, 0.15) is 29.8 Å². The van der Waals surface area contributed by atoms with E-state index in [0.29, 0.717) is 18.7 Å². The summed E-state index contributed by atoms with van der Waals surface area (Å²) in [6, 6.07) is 10.9. The van der Waals surface area contributed by atoms with Crippen LogP contribution in [0.15, 0.2) is 58.5 Å². The molecule has 0 radical (unpaired) electrons. The first-order chi connectivity index (χ1) is 13.8. The van der Waals surface area contributed by atoms with Gasteiger partial charge in [0.15, 0.2) is 0 Å². The summed E-state index contributed by atoms with van der Waals surface area (Å²) in [5.74, 6) is -1.14. The van der Waals surface area contributed by atoms with Crippen molar-refractivity contribution in [3.05, 3.63) is 65.6 Å². The summed E-state index contributed by atoms with van der Waals surface area (Å²) in [5, 5.41) is 8.99. The minimum atomic E-state index is -4.20. The zero-order valence-electron chi connectivity index (χ0n) is 15.9. The van der Waals surface area contributed by atoms with E-state index in [1.165, 1.54) is 47.5 Å². The van der Waals surface area contributed by atoms with Crippen LogP contribution in [-0.2, 0) is 9.84 Å². The van der Waals surface area contributed by atoms with E-state index in [9.17, 15) is 17.6 Å². The number of nitriles is 1. The van der Waals surface area contributed by atoms with Crippen LogP contribution in [0.4, 0.5) is 4.39 Å². The van der Waals surface area contributed by atoms with E-state index in [1.807, 2.05) is 6.07 Å². The summed E-state index contributed by atoms with van der Waals surface area (Å²) in [4.78, 5) is 18.3. The molecule has 0 unspecified atom stereocenters. The number of hydrogen-bond donors (Lipinski definition) is 0. The molecule has 0 aliphatic rings. The lowest BCUT2D eigenvalue weighted by Crippen LogP contribution is -2.31. The van der Waals surface area contributed by atoms with Crippen LogP contribution in [0.25, 0.3) is 10.9 Å². The fourth-order valence-corrected chi connectivity index (χ4v) is 4.70. The van der Waals surface area contributed by atoms with Crippen LogP contribution in [0, 0.1) is 17.1 Å². The molecule has 1 heterocycles. The first-order valence-electron chi connectivity index (χ1n) is 8.96. The second-order valence-electron chi connectivity index (χ2n) is 6.28. The first kappa shape index (κ1) is 20.4. The number of carbonyl (C=O) groups is 1. The van der Waals surface area contributed by atoms with Gasteiger partial charge in [0, 0.05) is 24.7 Å². The summed E-state index contributed by atoms with van der Waals surface area (Å²) in [6.07, 6.45) is 1.22. The Morgan fingerprint density at radius 1 is 1.14 bits per heavy atom. The third kappa shape index (κ3) is 3.69. The molecule has 0 aliphatic heterocycles. The zero-order valence-corrected chi connectivity index (χ0v) is 16.7. The van der Waals surface area contributed by atoms with Crippen molar-refractivity contribution in [3.63, 3.8) is 0 Å². The van der Waals surface area contributed by atoms with Crippen molar-refractivity contribution in [2.75, 3.05) is 13.1 Å². The monoisotopic (exact) mass is 411 g/mol. The maximum Gasteiger partial charge on any atom is 0.256 e. The summed E-state index contributed by atoms with van der Waals surface area (Å²) in [6.45, 7) is 4.33. The third-order valence-corrected chi connectivity index (χ3v) is 6.49. The number of fused-ring (bicyclic) bond motifs is 1. The topological polar surface area (TPSA) is 91.1 Å². The number of pyridine rings is 1. The Bertz CT molecular complexity index is 1230. The molecule has 29 heavy (non-hydrogen) atoms. The molecule has 0 bridgehead atoms. The second kappa shape index (κ2) is 7.97. The van der Waals surface area contributed by atoms with Gasteiger partial charge in [-0.15, -0.1) is 0 Å². The molecule has 8 heteroatoms. The lowest BCUT2D eigenvalue weighted by Gasteiger charge is -2.21. The maximum atomic E-state index is 14.0. The average Bonchev–Trinajstić information content (AvgIpc) is 2.73. The van der Waals surface area contributed by atoms with E-state index in [4.69, 9.17) is 5.26 Å². The Hall–Kier alpha value is -3.31. The second-order valence-corrected chi connectivity index (χ2v) is 8.17. The minimum absolute atomic E-state index is 0.0346. The van der Waals surface area contributed by atoms with E-state index >= 15 is 0 Å². The zero-order chi connectivity index (χ0) is 21.2. The summed E-state index contributed by atoms with van der Waals surface area (Å²) in [5.41, 5.74) is 0.444. The Balaban J connectivity index is 2.35. The maximum absolute atomic E-state index is 14.0. The van der Waals surface area contributed by atoms with Crippen molar-refractivity contribution in [1.82, 2.24) is 9.88 Å². The number of benzene rings is 2. The highest BCUT2D eigenvalue weighted by molar-refractivity contribution is 7.91. The summed E-state index contributed by atoms with van der Waals surface area (Å²) < 4.78 is 40.9. The third-order valence-electron chi connectivity index (χ3n) is 4.62. The standard InChI is InChI=1S/C21H18FN3O3S/c1-3-25(4-2)21(26)18-13-24-19-10-7-15(22)11-17(19)20(18)29(27,28)16-8-5-14(12-23)6-9-16/h5-11,13H,3-4H2,1-2H3. The van der Waals surface area contributed by atoms with Crippen molar-refractivity contribution >= 4 is 26.6 Å². The number of rotatable bonds is 5. The summed E-state index contributed by atoms with van der Waals surface area (Å²) in [7, 11) is -4.20. The SMILES string of the molecule is CCN(CC)C(=O)c1cnc2ccc(F)cc2c1S(=O)(=O)c1ccc(C#N)cc1. The number of amides is 1. The van der Waals surface area contributed by atoms with Crippen LogP contribution >= 0.6 is 0 Å². The molecule has 1 aromatic heterocycles. The van der Waals surface area contributed by atoms with E-state index < -0.39 is 21.6 Å². The normalized spacial score (nSPS) is 11.2. The smallest absolute Gasteiger partial charge is 0.256 e. The van der Waals surface area contributed by atoms with Crippen molar-refractivity contribution in [3.8, 4) is 6.07 Å². The number of aromatic nitrogens is 1. The van der Waals surface area contributed by atoms with E-state index in [-0.39, 0.29) is 26.3 Å². The highest BCUT2D eigenvalue weighted by Gasteiger charge is 2.29. The van der Waals surface area contributed by atoms with Gasteiger partial charge in [0.25, 0.3) is 5.91 Å². The molecular formula is C21H18FN3O3S. The Morgan fingerprint density at radius 3 is 2.38 bits per heavy atom. The van der Waals surface area contributed by atoms with Gasteiger partial charge in [0.1, 0.15) is 5.82 Å². The van der Waals surface area contributed by atoms with Crippen molar-refractivity contribution in [2.45, 2.75) is 23.6 Å². The van der Waals surface area contributed by atoms with Gasteiger partial charge in [0.2, 0.25) is 9.84 Å². The number of sulfone groups is 1. The van der Waals surface area contributed by atoms with Crippen molar-refractivity contribution in [2.24, 2.45) is 0 Å².